The minimum absolute atomic E-state index is 0.0982. The molecule has 0 spiro atoms. The maximum Gasteiger partial charge on any atom is 0.237 e. The van der Waals surface area contributed by atoms with E-state index in [0.717, 1.165) is 5.56 Å². The molecule has 4 nitrogen and oxygen atoms in total. The molecule has 1 amide bonds. The normalized spacial score (nSPS) is 24.8. The van der Waals surface area contributed by atoms with E-state index in [-0.39, 0.29) is 18.0 Å². The molecule has 1 aliphatic heterocycles. The van der Waals surface area contributed by atoms with E-state index < -0.39 is 6.10 Å². The molecule has 0 aromatic heterocycles. The van der Waals surface area contributed by atoms with E-state index in [0.29, 0.717) is 18.0 Å². The molecule has 2 unspecified atom stereocenters. The third-order valence-corrected chi connectivity index (χ3v) is 3.50. The van der Waals surface area contributed by atoms with Gasteiger partial charge in [-0.1, -0.05) is 29.8 Å². The number of β-amino-alcohol motifs (C(OH)–C–C–N with tert-alkyl or cyclic N) is 1. The molecule has 1 heterocycles. The molecule has 0 aliphatic carbocycles. The lowest BCUT2D eigenvalue weighted by molar-refractivity contribution is -0.123. The molecule has 1 aromatic rings. The third kappa shape index (κ3) is 3.02. The Morgan fingerprint density at radius 1 is 1.56 bits per heavy atom. The number of hydrogen-bond donors (Lipinski definition) is 3. The number of benzene rings is 1. The van der Waals surface area contributed by atoms with Crippen molar-refractivity contribution in [1.29, 1.82) is 0 Å². The minimum atomic E-state index is -0.434. The van der Waals surface area contributed by atoms with Gasteiger partial charge in [-0.15, -0.1) is 0 Å². The molecule has 1 aromatic carbocycles. The number of aliphatic hydroxyl groups excluding tert-OH is 1. The topological polar surface area (TPSA) is 61.4 Å². The number of rotatable bonds is 3. The maximum atomic E-state index is 12.0. The molecule has 3 atom stereocenters. The van der Waals surface area contributed by atoms with Crippen LogP contribution in [-0.4, -0.2) is 29.7 Å². The van der Waals surface area contributed by atoms with Crippen molar-refractivity contribution in [2.75, 3.05) is 6.54 Å². The van der Waals surface area contributed by atoms with Crippen LogP contribution in [0.2, 0.25) is 5.02 Å². The van der Waals surface area contributed by atoms with Crippen LogP contribution in [0.15, 0.2) is 24.3 Å². The fourth-order valence-electron chi connectivity index (χ4n) is 2.13. The van der Waals surface area contributed by atoms with Gasteiger partial charge in [0.25, 0.3) is 0 Å². The standard InChI is InChI=1S/C13H17ClN2O2/c1-8(10-4-2-3-5-11(10)14)16-13(18)12-6-9(17)7-15-12/h2-5,8-9,12,15,17H,6-7H2,1H3,(H,16,18)/t8-,9?,12?/m1/s1. The zero-order valence-corrected chi connectivity index (χ0v) is 10.9. The van der Waals surface area contributed by atoms with Crippen LogP contribution in [0.5, 0.6) is 0 Å². The number of carbonyl (C=O) groups excluding carboxylic acids is 1. The van der Waals surface area contributed by atoms with Crippen molar-refractivity contribution in [1.82, 2.24) is 10.6 Å². The maximum absolute atomic E-state index is 12.0. The first-order chi connectivity index (χ1) is 8.58. The third-order valence-electron chi connectivity index (χ3n) is 3.15. The second kappa shape index (κ2) is 5.69. The van der Waals surface area contributed by atoms with E-state index >= 15 is 0 Å². The lowest BCUT2D eigenvalue weighted by Gasteiger charge is -2.18. The molecule has 0 bridgehead atoms. The van der Waals surface area contributed by atoms with Crippen molar-refractivity contribution in [3.8, 4) is 0 Å². The first kappa shape index (κ1) is 13.3. The first-order valence-electron chi connectivity index (χ1n) is 6.04. The Hall–Kier alpha value is -1.10. The van der Waals surface area contributed by atoms with Gasteiger partial charge in [0.1, 0.15) is 0 Å². The monoisotopic (exact) mass is 268 g/mol. The fraction of sp³-hybridized carbons (Fsp3) is 0.462. The van der Waals surface area contributed by atoms with E-state index in [4.69, 9.17) is 11.6 Å². The molecule has 1 fully saturated rings. The van der Waals surface area contributed by atoms with Gasteiger partial charge >= 0.3 is 0 Å². The van der Waals surface area contributed by atoms with Crippen LogP contribution in [0.25, 0.3) is 0 Å². The highest BCUT2D eigenvalue weighted by atomic mass is 35.5. The van der Waals surface area contributed by atoms with E-state index in [1.165, 1.54) is 0 Å². The molecule has 1 saturated heterocycles. The molecule has 5 heteroatoms. The van der Waals surface area contributed by atoms with Crippen LogP contribution in [-0.2, 0) is 4.79 Å². The summed E-state index contributed by atoms with van der Waals surface area (Å²) in [6, 6.07) is 6.98. The molecule has 2 rings (SSSR count). The Balaban J connectivity index is 1.97. The van der Waals surface area contributed by atoms with Crippen molar-refractivity contribution in [3.05, 3.63) is 34.9 Å². The Bertz CT molecular complexity index is 439. The lowest BCUT2D eigenvalue weighted by Crippen LogP contribution is -2.41. The minimum Gasteiger partial charge on any atom is -0.392 e. The second-order valence-corrected chi connectivity index (χ2v) is 5.01. The molecule has 0 saturated carbocycles. The van der Waals surface area contributed by atoms with E-state index in [2.05, 4.69) is 10.6 Å². The number of carbonyl (C=O) groups is 1. The van der Waals surface area contributed by atoms with Crippen molar-refractivity contribution >= 4 is 17.5 Å². The largest absolute Gasteiger partial charge is 0.392 e. The van der Waals surface area contributed by atoms with Crippen molar-refractivity contribution in [3.63, 3.8) is 0 Å². The molecular weight excluding hydrogens is 252 g/mol. The SMILES string of the molecule is C[C@@H](NC(=O)C1CC(O)CN1)c1ccccc1Cl. The van der Waals surface area contributed by atoms with Gasteiger partial charge in [-0.2, -0.15) is 0 Å². The highest BCUT2D eigenvalue weighted by Crippen LogP contribution is 2.22. The number of amides is 1. The van der Waals surface area contributed by atoms with Crippen LogP contribution in [0.3, 0.4) is 0 Å². The predicted octanol–water partition coefficient (Wildman–Crippen LogP) is 1.24. The predicted molar refractivity (Wildman–Crippen MR) is 70.4 cm³/mol. The molecule has 98 valence electrons. The summed E-state index contributed by atoms with van der Waals surface area (Å²) in [6.07, 6.45) is 0.0255. The average molecular weight is 269 g/mol. The summed E-state index contributed by atoms with van der Waals surface area (Å²) < 4.78 is 0. The van der Waals surface area contributed by atoms with Gasteiger partial charge in [0.15, 0.2) is 0 Å². The summed E-state index contributed by atoms with van der Waals surface area (Å²) in [5, 5.41) is 15.9. The van der Waals surface area contributed by atoms with Crippen molar-refractivity contribution in [2.24, 2.45) is 0 Å². The van der Waals surface area contributed by atoms with Gasteiger partial charge in [0, 0.05) is 11.6 Å². The summed E-state index contributed by atoms with van der Waals surface area (Å²) in [5.74, 6) is -0.0982. The van der Waals surface area contributed by atoms with Gasteiger partial charge in [0.2, 0.25) is 5.91 Å². The Kier molecular flexibility index (Phi) is 4.22. The number of halogens is 1. The van der Waals surface area contributed by atoms with Gasteiger partial charge in [-0.3, -0.25) is 4.79 Å². The number of nitrogens with one attached hydrogen (secondary N) is 2. The van der Waals surface area contributed by atoms with E-state index in [1.807, 2.05) is 25.1 Å². The molecule has 1 aliphatic rings. The summed E-state index contributed by atoms with van der Waals surface area (Å²) >= 11 is 6.08. The second-order valence-electron chi connectivity index (χ2n) is 4.60. The Morgan fingerprint density at radius 3 is 2.89 bits per heavy atom. The summed E-state index contributed by atoms with van der Waals surface area (Å²) in [6.45, 7) is 2.36. The number of hydrogen-bond acceptors (Lipinski definition) is 3. The quantitative estimate of drug-likeness (QED) is 0.773. The molecule has 3 N–H and O–H groups in total. The van der Waals surface area contributed by atoms with Crippen molar-refractivity contribution in [2.45, 2.75) is 31.5 Å². The van der Waals surface area contributed by atoms with E-state index in [1.54, 1.807) is 6.07 Å². The molecule has 0 radical (unpaired) electrons. The summed E-state index contributed by atoms with van der Waals surface area (Å²) in [4.78, 5) is 12.0. The van der Waals surface area contributed by atoms with Crippen LogP contribution in [0.4, 0.5) is 0 Å². The Morgan fingerprint density at radius 2 is 2.28 bits per heavy atom. The fourth-order valence-corrected chi connectivity index (χ4v) is 2.43. The zero-order valence-electron chi connectivity index (χ0n) is 10.2. The highest BCUT2D eigenvalue weighted by Gasteiger charge is 2.28. The summed E-state index contributed by atoms with van der Waals surface area (Å²) in [7, 11) is 0. The number of aliphatic hydroxyl groups is 1. The van der Waals surface area contributed by atoms with Gasteiger partial charge in [-0.05, 0) is 25.0 Å². The van der Waals surface area contributed by atoms with Gasteiger partial charge in [-0.25, -0.2) is 0 Å². The summed E-state index contributed by atoms with van der Waals surface area (Å²) in [5.41, 5.74) is 0.895. The van der Waals surface area contributed by atoms with E-state index in [9.17, 15) is 9.90 Å². The lowest BCUT2D eigenvalue weighted by atomic mass is 10.1. The zero-order chi connectivity index (χ0) is 13.1. The van der Waals surface area contributed by atoms with Crippen LogP contribution in [0.1, 0.15) is 24.9 Å². The average Bonchev–Trinajstić information content (AvgIpc) is 2.76. The smallest absolute Gasteiger partial charge is 0.237 e. The molecular formula is C13H17ClN2O2. The van der Waals surface area contributed by atoms with Crippen molar-refractivity contribution < 1.29 is 9.90 Å². The first-order valence-corrected chi connectivity index (χ1v) is 6.42. The van der Waals surface area contributed by atoms with Gasteiger partial charge < -0.3 is 15.7 Å². The van der Waals surface area contributed by atoms with Crippen LogP contribution in [0, 0.1) is 0 Å². The molecule has 18 heavy (non-hydrogen) atoms. The van der Waals surface area contributed by atoms with Gasteiger partial charge in [0.05, 0.1) is 18.2 Å². The van der Waals surface area contributed by atoms with Crippen LogP contribution >= 0.6 is 11.6 Å². The van der Waals surface area contributed by atoms with Crippen LogP contribution < -0.4 is 10.6 Å². The highest BCUT2D eigenvalue weighted by molar-refractivity contribution is 6.31. The Labute approximate surface area is 111 Å².